The zero-order valence-corrected chi connectivity index (χ0v) is 17.7. The van der Waals surface area contributed by atoms with Crippen LogP contribution in [-0.2, 0) is 9.53 Å². The van der Waals surface area contributed by atoms with Crippen molar-refractivity contribution in [3.05, 3.63) is 30.4 Å². The Morgan fingerprint density at radius 3 is 2.45 bits per heavy atom. The quantitative estimate of drug-likeness (QED) is 0.759. The van der Waals surface area contributed by atoms with Gasteiger partial charge in [0.25, 0.3) is 0 Å². The molecular weight excluding hydrogens is 368 g/mol. The van der Waals surface area contributed by atoms with Crippen LogP contribution in [0.5, 0.6) is 0 Å². The number of hydrogen-bond acceptors (Lipinski definition) is 6. The van der Waals surface area contributed by atoms with Crippen LogP contribution in [0.2, 0.25) is 0 Å². The lowest BCUT2D eigenvalue weighted by molar-refractivity contribution is -0.118. The number of nitrogens with zero attached hydrogens (tertiary/aromatic N) is 3. The van der Waals surface area contributed by atoms with Gasteiger partial charge in [0, 0.05) is 31.1 Å². The summed E-state index contributed by atoms with van der Waals surface area (Å²) in [6.45, 7) is 6.02. The van der Waals surface area contributed by atoms with Crippen LogP contribution in [0, 0.1) is 0 Å². The van der Waals surface area contributed by atoms with Gasteiger partial charge in [-0.05, 0) is 52.5 Å². The van der Waals surface area contributed by atoms with Gasteiger partial charge in [0.05, 0.1) is 11.7 Å². The number of amides is 1. The number of aromatic nitrogens is 2. The van der Waals surface area contributed by atoms with E-state index >= 15 is 0 Å². The first kappa shape index (κ1) is 21.3. The van der Waals surface area contributed by atoms with Gasteiger partial charge in [-0.1, -0.05) is 19.3 Å². The molecule has 1 aliphatic heterocycles. The largest absolute Gasteiger partial charge is 0.444 e. The zero-order valence-electron chi connectivity index (χ0n) is 17.7. The molecule has 1 aliphatic carbocycles. The van der Waals surface area contributed by atoms with Crippen molar-refractivity contribution in [3.8, 4) is 0 Å². The molecule has 0 bridgehead atoms. The van der Waals surface area contributed by atoms with Crippen LogP contribution in [0.1, 0.15) is 71.5 Å². The molecule has 7 nitrogen and oxygen atoms in total. The van der Waals surface area contributed by atoms with Crippen LogP contribution in [0.15, 0.2) is 24.5 Å². The van der Waals surface area contributed by atoms with Crippen molar-refractivity contribution in [1.82, 2.24) is 20.2 Å². The van der Waals surface area contributed by atoms with E-state index in [0.717, 1.165) is 19.3 Å². The summed E-state index contributed by atoms with van der Waals surface area (Å²) in [5, 5.41) is 3.49. The minimum absolute atomic E-state index is 0.112. The molecule has 1 N–H and O–H groups in total. The third-order valence-electron chi connectivity index (χ3n) is 5.27. The van der Waals surface area contributed by atoms with Gasteiger partial charge in [-0.25, -0.2) is 14.8 Å². The van der Waals surface area contributed by atoms with Crippen molar-refractivity contribution in [2.75, 3.05) is 6.54 Å². The molecule has 158 valence electrons. The topological polar surface area (TPSA) is 84.4 Å². The Morgan fingerprint density at radius 2 is 1.79 bits per heavy atom. The highest BCUT2D eigenvalue weighted by molar-refractivity contribution is 6.01. The minimum atomic E-state index is -0.589. The molecule has 0 aromatic carbocycles. The summed E-state index contributed by atoms with van der Waals surface area (Å²) in [5.41, 5.74) is 0.0489. The maximum Gasteiger partial charge on any atom is 0.410 e. The van der Waals surface area contributed by atoms with E-state index < -0.39 is 17.7 Å². The monoisotopic (exact) mass is 400 g/mol. The number of ketones is 1. The first-order valence-corrected chi connectivity index (χ1v) is 10.6. The fourth-order valence-corrected chi connectivity index (χ4v) is 3.92. The summed E-state index contributed by atoms with van der Waals surface area (Å²) in [6, 6.07) is 1.57. The fraction of sp³-hybridized carbons (Fsp3) is 0.636. The van der Waals surface area contributed by atoms with Crippen molar-refractivity contribution in [2.45, 2.75) is 83.4 Å². The van der Waals surface area contributed by atoms with E-state index in [2.05, 4.69) is 15.3 Å². The van der Waals surface area contributed by atoms with E-state index in [1.807, 2.05) is 20.8 Å². The molecule has 1 amide bonds. The van der Waals surface area contributed by atoms with E-state index in [0.29, 0.717) is 30.5 Å². The highest BCUT2D eigenvalue weighted by atomic mass is 16.6. The third-order valence-corrected chi connectivity index (χ3v) is 5.27. The molecular formula is C22H32N4O3. The standard InChI is InChI=1S/C22H32N4O3/c1-22(2,3)29-21(28)26-14-7-11-18(26)19(27)15-17(20-23-12-8-13-24-20)25-16-9-5-4-6-10-16/h8,12-13,15-16,18,25H,4-7,9-11,14H2,1-3H3/b17-15+. The van der Waals surface area contributed by atoms with Crippen LogP contribution in [0.25, 0.3) is 5.70 Å². The summed E-state index contributed by atoms with van der Waals surface area (Å²) in [6.07, 6.45) is 11.7. The van der Waals surface area contributed by atoms with Crippen molar-refractivity contribution >= 4 is 17.6 Å². The molecule has 29 heavy (non-hydrogen) atoms. The second-order valence-electron chi connectivity index (χ2n) is 8.84. The lowest BCUT2D eigenvalue weighted by Crippen LogP contribution is -2.43. The number of nitrogens with one attached hydrogen (secondary N) is 1. The maximum atomic E-state index is 13.1. The molecule has 0 radical (unpaired) electrons. The summed E-state index contributed by atoms with van der Waals surface area (Å²) in [7, 11) is 0. The highest BCUT2D eigenvalue weighted by Gasteiger charge is 2.36. The number of carbonyl (C=O) groups excluding carboxylic acids is 2. The third kappa shape index (κ3) is 6.02. The second kappa shape index (κ2) is 9.37. The molecule has 1 saturated heterocycles. The minimum Gasteiger partial charge on any atom is -0.444 e. The molecule has 2 fully saturated rings. The van der Waals surface area contributed by atoms with Gasteiger partial charge in [-0.15, -0.1) is 0 Å². The lowest BCUT2D eigenvalue weighted by atomic mass is 9.95. The van der Waals surface area contributed by atoms with Crippen molar-refractivity contribution in [2.24, 2.45) is 0 Å². The predicted molar refractivity (Wildman–Crippen MR) is 111 cm³/mol. The Hall–Kier alpha value is -2.44. The van der Waals surface area contributed by atoms with Crippen molar-refractivity contribution in [1.29, 1.82) is 0 Å². The van der Waals surface area contributed by atoms with Gasteiger partial charge >= 0.3 is 6.09 Å². The average Bonchev–Trinajstić information content (AvgIpc) is 3.18. The SMILES string of the molecule is CC(C)(C)OC(=O)N1CCCC1C(=O)/C=C(/NC1CCCCC1)c1ncccn1. The summed E-state index contributed by atoms with van der Waals surface area (Å²) in [4.78, 5) is 35.9. The van der Waals surface area contributed by atoms with Crippen LogP contribution in [-0.4, -0.2) is 51.0 Å². The first-order valence-electron chi connectivity index (χ1n) is 10.6. The number of likely N-dealkylation sites (tertiary alicyclic amines) is 1. The lowest BCUT2D eigenvalue weighted by Gasteiger charge is -2.28. The van der Waals surface area contributed by atoms with Gasteiger partial charge in [-0.2, -0.15) is 0 Å². The molecule has 7 heteroatoms. The van der Waals surface area contributed by atoms with Gasteiger partial charge in [-0.3, -0.25) is 9.69 Å². The van der Waals surface area contributed by atoms with Crippen LogP contribution >= 0.6 is 0 Å². The van der Waals surface area contributed by atoms with E-state index in [9.17, 15) is 9.59 Å². The Kier molecular flexibility index (Phi) is 6.87. The number of rotatable bonds is 5. The predicted octanol–water partition coefficient (Wildman–Crippen LogP) is 3.71. The maximum absolute atomic E-state index is 13.1. The molecule has 2 aliphatic rings. The van der Waals surface area contributed by atoms with Gasteiger partial charge in [0.1, 0.15) is 5.60 Å². The number of carbonyl (C=O) groups is 2. The Morgan fingerprint density at radius 1 is 1.10 bits per heavy atom. The molecule has 3 rings (SSSR count). The summed E-state index contributed by atoms with van der Waals surface area (Å²) < 4.78 is 5.49. The Labute approximate surface area is 172 Å². The molecule has 1 aromatic heterocycles. The second-order valence-corrected chi connectivity index (χ2v) is 8.84. The summed E-state index contributed by atoms with van der Waals surface area (Å²) >= 11 is 0. The van der Waals surface area contributed by atoms with Crippen LogP contribution in [0.4, 0.5) is 4.79 Å². The van der Waals surface area contributed by atoms with E-state index in [4.69, 9.17) is 4.74 Å². The van der Waals surface area contributed by atoms with E-state index in [1.165, 1.54) is 19.3 Å². The van der Waals surface area contributed by atoms with Crippen LogP contribution < -0.4 is 5.32 Å². The molecule has 1 atom stereocenters. The first-order chi connectivity index (χ1) is 13.8. The average molecular weight is 401 g/mol. The van der Waals surface area contributed by atoms with E-state index in [-0.39, 0.29) is 5.78 Å². The number of hydrogen-bond donors (Lipinski definition) is 1. The van der Waals surface area contributed by atoms with Crippen molar-refractivity contribution in [3.63, 3.8) is 0 Å². The summed E-state index contributed by atoms with van der Waals surface area (Å²) in [5.74, 6) is 0.396. The molecule has 0 spiro atoms. The molecule has 2 heterocycles. The fourth-order valence-electron chi connectivity index (χ4n) is 3.92. The Balaban J connectivity index is 1.78. The number of ether oxygens (including phenoxy) is 1. The zero-order chi connectivity index (χ0) is 20.9. The normalized spacial score (nSPS) is 21.1. The van der Waals surface area contributed by atoms with Crippen LogP contribution in [0.3, 0.4) is 0 Å². The van der Waals surface area contributed by atoms with Gasteiger partial charge in [0.2, 0.25) is 0 Å². The van der Waals surface area contributed by atoms with Gasteiger partial charge in [0.15, 0.2) is 11.6 Å². The molecule has 1 aromatic rings. The molecule has 1 saturated carbocycles. The Bertz CT molecular complexity index is 736. The van der Waals surface area contributed by atoms with Crippen molar-refractivity contribution < 1.29 is 14.3 Å². The highest BCUT2D eigenvalue weighted by Crippen LogP contribution is 2.24. The smallest absolute Gasteiger partial charge is 0.410 e. The molecule has 1 unspecified atom stereocenters. The van der Waals surface area contributed by atoms with Gasteiger partial charge < -0.3 is 10.1 Å². The van der Waals surface area contributed by atoms with E-state index in [1.54, 1.807) is 29.4 Å².